The normalized spacial score (nSPS) is 13.9. The molecule has 0 aromatic heterocycles. The highest BCUT2D eigenvalue weighted by Crippen LogP contribution is 2.27. The number of nitrogens with one attached hydrogen (secondary N) is 1. The lowest BCUT2D eigenvalue weighted by molar-refractivity contribution is -0.151. The van der Waals surface area contributed by atoms with Gasteiger partial charge in [0.05, 0.1) is 11.1 Å². The number of carbonyl (C=O) groups is 4. The molecular formula is C24H26N2O5. The van der Waals surface area contributed by atoms with Crippen molar-refractivity contribution in [1.82, 2.24) is 4.90 Å². The molecule has 0 spiro atoms. The van der Waals surface area contributed by atoms with E-state index in [0.29, 0.717) is 5.69 Å². The first-order valence-corrected chi connectivity index (χ1v) is 10.3. The van der Waals surface area contributed by atoms with Crippen molar-refractivity contribution in [2.75, 3.05) is 11.9 Å². The van der Waals surface area contributed by atoms with Crippen LogP contribution >= 0.6 is 0 Å². The van der Waals surface area contributed by atoms with Crippen LogP contribution in [0.15, 0.2) is 48.5 Å². The average molecular weight is 422 g/mol. The topological polar surface area (TPSA) is 92.8 Å². The molecule has 1 aliphatic heterocycles. The number of aryl methyl sites for hydroxylation is 1. The molecule has 0 saturated heterocycles. The van der Waals surface area contributed by atoms with E-state index >= 15 is 0 Å². The van der Waals surface area contributed by atoms with Gasteiger partial charge < -0.3 is 10.1 Å². The van der Waals surface area contributed by atoms with Crippen molar-refractivity contribution in [3.63, 3.8) is 0 Å². The fourth-order valence-electron chi connectivity index (χ4n) is 3.61. The lowest BCUT2D eigenvalue weighted by atomic mass is 10.0. The quantitative estimate of drug-likeness (QED) is 0.520. The number of para-hydroxylation sites is 1. The minimum absolute atomic E-state index is 0.0205. The number of benzene rings is 2. The summed E-state index contributed by atoms with van der Waals surface area (Å²) < 4.78 is 5.22. The fraction of sp³-hybridized carbons (Fsp3) is 0.333. The summed E-state index contributed by atoms with van der Waals surface area (Å²) >= 11 is 0. The molecule has 2 aromatic rings. The van der Waals surface area contributed by atoms with E-state index in [-0.39, 0.29) is 23.5 Å². The third-order valence-electron chi connectivity index (χ3n) is 5.12. The molecule has 0 unspecified atom stereocenters. The van der Waals surface area contributed by atoms with Crippen LogP contribution in [0.1, 0.15) is 53.5 Å². The van der Waals surface area contributed by atoms with Gasteiger partial charge in [-0.05, 0) is 42.5 Å². The van der Waals surface area contributed by atoms with E-state index in [2.05, 4.69) is 5.32 Å². The van der Waals surface area contributed by atoms with E-state index in [1.165, 1.54) is 0 Å². The molecule has 162 valence electrons. The zero-order valence-electron chi connectivity index (χ0n) is 17.9. The van der Waals surface area contributed by atoms with Gasteiger partial charge in [0.1, 0.15) is 6.04 Å². The molecular weight excluding hydrogens is 396 g/mol. The van der Waals surface area contributed by atoms with Crippen LogP contribution in [0.3, 0.4) is 0 Å². The maximum absolute atomic E-state index is 12.8. The van der Waals surface area contributed by atoms with Gasteiger partial charge in [0, 0.05) is 5.69 Å². The first-order chi connectivity index (χ1) is 14.8. The molecule has 7 heteroatoms. The number of hydrogen-bond donors (Lipinski definition) is 1. The molecule has 1 N–H and O–H groups in total. The van der Waals surface area contributed by atoms with Crippen LogP contribution in [-0.4, -0.2) is 41.2 Å². The summed E-state index contributed by atoms with van der Waals surface area (Å²) in [5.74, 6) is -2.29. The van der Waals surface area contributed by atoms with Gasteiger partial charge in [0.25, 0.3) is 17.7 Å². The van der Waals surface area contributed by atoms with Crippen molar-refractivity contribution in [3.05, 3.63) is 65.2 Å². The zero-order chi connectivity index (χ0) is 22.5. The molecule has 31 heavy (non-hydrogen) atoms. The number of hydrogen-bond acceptors (Lipinski definition) is 5. The Morgan fingerprint density at radius 1 is 0.968 bits per heavy atom. The molecule has 0 radical (unpaired) electrons. The Balaban J connectivity index is 1.70. The maximum Gasteiger partial charge on any atom is 0.329 e. The van der Waals surface area contributed by atoms with Crippen LogP contribution in [-0.2, 0) is 20.7 Å². The van der Waals surface area contributed by atoms with Crippen LogP contribution in [0.4, 0.5) is 5.69 Å². The molecule has 7 nitrogen and oxygen atoms in total. The lowest BCUT2D eigenvalue weighted by Crippen LogP contribution is -2.46. The molecule has 0 bridgehead atoms. The van der Waals surface area contributed by atoms with Gasteiger partial charge in [-0.25, -0.2) is 4.79 Å². The second-order valence-corrected chi connectivity index (χ2v) is 7.84. The smallest absolute Gasteiger partial charge is 0.329 e. The first-order valence-electron chi connectivity index (χ1n) is 10.3. The maximum atomic E-state index is 12.8. The minimum atomic E-state index is -1.09. The molecule has 1 aliphatic rings. The molecule has 0 saturated carbocycles. The highest BCUT2D eigenvalue weighted by Gasteiger charge is 2.43. The minimum Gasteiger partial charge on any atom is -0.454 e. The number of esters is 1. The molecule has 1 heterocycles. The van der Waals surface area contributed by atoms with Gasteiger partial charge in [-0.3, -0.25) is 19.3 Å². The molecule has 3 amide bonds. The SMILES string of the molecule is CCc1ccccc1NC(=O)COC(=O)[C@@H](CC(C)C)N1C(=O)c2ccccc2C1=O. The van der Waals surface area contributed by atoms with Crippen LogP contribution < -0.4 is 5.32 Å². The van der Waals surface area contributed by atoms with Crippen molar-refractivity contribution < 1.29 is 23.9 Å². The predicted octanol–water partition coefficient (Wildman–Crippen LogP) is 3.44. The van der Waals surface area contributed by atoms with Crippen LogP contribution in [0.2, 0.25) is 0 Å². The first kappa shape index (κ1) is 22.2. The number of amides is 3. The highest BCUT2D eigenvalue weighted by atomic mass is 16.5. The molecule has 3 rings (SSSR count). The van der Waals surface area contributed by atoms with Crippen LogP contribution in [0, 0.1) is 5.92 Å². The molecule has 1 atom stereocenters. The summed E-state index contributed by atoms with van der Waals surface area (Å²) in [5, 5.41) is 2.73. The van der Waals surface area contributed by atoms with E-state index in [9.17, 15) is 19.2 Å². The van der Waals surface area contributed by atoms with Gasteiger partial charge in [-0.1, -0.05) is 51.1 Å². The molecule has 2 aromatic carbocycles. The summed E-state index contributed by atoms with van der Waals surface area (Å²) in [6, 6.07) is 12.7. The van der Waals surface area contributed by atoms with Crippen LogP contribution in [0.25, 0.3) is 0 Å². The Labute approximate surface area is 181 Å². The van der Waals surface area contributed by atoms with E-state index < -0.39 is 36.3 Å². The Kier molecular flexibility index (Phi) is 6.84. The Hall–Kier alpha value is -3.48. The van der Waals surface area contributed by atoms with Crippen molar-refractivity contribution >= 4 is 29.4 Å². The highest BCUT2D eigenvalue weighted by molar-refractivity contribution is 6.22. The third-order valence-corrected chi connectivity index (χ3v) is 5.12. The Bertz CT molecular complexity index is 980. The molecule has 0 aliphatic carbocycles. The van der Waals surface area contributed by atoms with Gasteiger partial charge in [-0.15, -0.1) is 0 Å². The van der Waals surface area contributed by atoms with Gasteiger partial charge in [-0.2, -0.15) is 0 Å². The summed E-state index contributed by atoms with van der Waals surface area (Å²) in [5.41, 5.74) is 2.15. The number of imide groups is 1. The van der Waals surface area contributed by atoms with Gasteiger partial charge >= 0.3 is 5.97 Å². The summed E-state index contributed by atoms with van der Waals surface area (Å²) in [6.07, 6.45) is 0.983. The van der Waals surface area contributed by atoms with Gasteiger partial charge in [0.2, 0.25) is 0 Å². The van der Waals surface area contributed by atoms with Gasteiger partial charge in [0.15, 0.2) is 6.61 Å². The zero-order valence-corrected chi connectivity index (χ0v) is 17.9. The number of fused-ring (bicyclic) bond motifs is 1. The second kappa shape index (κ2) is 9.55. The Morgan fingerprint density at radius 2 is 1.55 bits per heavy atom. The fourth-order valence-corrected chi connectivity index (χ4v) is 3.61. The van der Waals surface area contributed by atoms with Crippen LogP contribution in [0.5, 0.6) is 0 Å². The third kappa shape index (κ3) is 4.82. The van der Waals surface area contributed by atoms with Crippen molar-refractivity contribution in [3.8, 4) is 0 Å². The standard InChI is InChI=1S/C24H26N2O5/c1-4-16-9-5-8-12-19(16)25-21(27)14-31-24(30)20(13-15(2)3)26-22(28)17-10-6-7-11-18(17)23(26)29/h5-12,15,20H,4,13-14H2,1-3H3,(H,25,27)/t20-/m1/s1. The number of nitrogens with zero attached hydrogens (tertiary/aromatic N) is 1. The number of ether oxygens (including phenoxy) is 1. The molecule has 0 fully saturated rings. The van der Waals surface area contributed by atoms with Crippen molar-refractivity contribution in [2.24, 2.45) is 5.92 Å². The predicted molar refractivity (Wildman–Crippen MR) is 116 cm³/mol. The summed E-state index contributed by atoms with van der Waals surface area (Å²) in [4.78, 5) is 51.7. The number of carbonyl (C=O) groups excluding carboxylic acids is 4. The Morgan fingerprint density at radius 3 is 2.13 bits per heavy atom. The number of rotatable bonds is 8. The van der Waals surface area contributed by atoms with E-state index in [1.807, 2.05) is 39.0 Å². The summed E-state index contributed by atoms with van der Waals surface area (Å²) in [7, 11) is 0. The lowest BCUT2D eigenvalue weighted by Gasteiger charge is -2.25. The monoisotopic (exact) mass is 422 g/mol. The second-order valence-electron chi connectivity index (χ2n) is 7.84. The van der Waals surface area contributed by atoms with E-state index in [4.69, 9.17) is 4.74 Å². The van der Waals surface area contributed by atoms with E-state index in [1.54, 1.807) is 30.3 Å². The average Bonchev–Trinajstić information content (AvgIpc) is 3.01. The van der Waals surface area contributed by atoms with E-state index in [0.717, 1.165) is 16.9 Å². The van der Waals surface area contributed by atoms with Crippen molar-refractivity contribution in [1.29, 1.82) is 0 Å². The summed E-state index contributed by atoms with van der Waals surface area (Å²) in [6.45, 7) is 5.23. The number of anilines is 1. The van der Waals surface area contributed by atoms with Crippen molar-refractivity contribution in [2.45, 2.75) is 39.7 Å². The largest absolute Gasteiger partial charge is 0.454 e.